The van der Waals surface area contributed by atoms with Crippen molar-refractivity contribution < 1.29 is 32.0 Å². The van der Waals surface area contributed by atoms with Crippen molar-refractivity contribution >= 4 is 22.8 Å². The summed E-state index contributed by atoms with van der Waals surface area (Å²) in [4.78, 5) is 16.7. The highest BCUT2D eigenvalue weighted by atomic mass is 19.4. The van der Waals surface area contributed by atoms with Gasteiger partial charge >= 0.3 is 12.2 Å². The number of ether oxygens (including phenoxy) is 2. The molecule has 1 aliphatic heterocycles. The van der Waals surface area contributed by atoms with Crippen molar-refractivity contribution in [2.24, 2.45) is 0 Å². The summed E-state index contributed by atoms with van der Waals surface area (Å²) in [6.45, 7) is 1.90. The van der Waals surface area contributed by atoms with Crippen LogP contribution in [0.25, 0.3) is 11.0 Å². The van der Waals surface area contributed by atoms with Crippen LogP contribution in [0.1, 0.15) is 5.56 Å². The van der Waals surface area contributed by atoms with Gasteiger partial charge in [0.05, 0.1) is 5.39 Å². The number of piperazine rings is 1. The van der Waals surface area contributed by atoms with Gasteiger partial charge in [0.15, 0.2) is 18.0 Å². The molecule has 0 radical (unpaired) electrons. The number of nitrogens with one attached hydrogen (secondary N) is 1. The van der Waals surface area contributed by atoms with E-state index in [-0.39, 0.29) is 11.8 Å². The number of halogens is 3. The van der Waals surface area contributed by atoms with E-state index in [9.17, 15) is 18.0 Å². The van der Waals surface area contributed by atoms with Gasteiger partial charge < -0.3 is 18.9 Å². The first kappa shape index (κ1) is 25.4. The van der Waals surface area contributed by atoms with E-state index in [0.717, 1.165) is 10.9 Å². The van der Waals surface area contributed by atoms with Crippen molar-refractivity contribution in [2.45, 2.75) is 12.7 Å². The third-order valence-corrected chi connectivity index (χ3v) is 6.03. The van der Waals surface area contributed by atoms with Gasteiger partial charge in [-0.15, -0.1) is 0 Å². The van der Waals surface area contributed by atoms with E-state index in [2.05, 4.69) is 15.4 Å². The highest BCUT2D eigenvalue weighted by molar-refractivity contribution is 5.98. The summed E-state index contributed by atoms with van der Waals surface area (Å²) in [5, 5.41) is 7.55. The van der Waals surface area contributed by atoms with Crippen LogP contribution in [0.5, 0.6) is 17.2 Å². The van der Waals surface area contributed by atoms with Crippen LogP contribution in [0, 0.1) is 0 Å². The number of hydrogen-bond acceptors (Lipinski definition) is 6. The molecule has 2 heterocycles. The highest BCUT2D eigenvalue weighted by Crippen LogP contribution is 2.26. The Kier molecular flexibility index (Phi) is 7.36. The summed E-state index contributed by atoms with van der Waals surface area (Å²) in [7, 11) is 0. The minimum atomic E-state index is -4.39. The maximum absolute atomic E-state index is 12.7. The molecular formula is C27H25F3N4O4. The first-order valence-corrected chi connectivity index (χ1v) is 12.0. The molecule has 0 atom stereocenters. The third-order valence-electron chi connectivity index (χ3n) is 6.03. The normalized spacial score (nSPS) is 14.4. The number of anilines is 1. The van der Waals surface area contributed by atoms with Gasteiger partial charge in [0.25, 0.3) is 0 Å². The van der Waals surface area contributed by atoms with E-state index in [1.54, 1.807) is 23.1 Å². The van der Waals surface area contributed by atoms with Crippen molar-refractivity contribution in [1.29, 1.82) is 0 Å². The molecule has 3 aromatic carbocycles. The summed E-state index contributed by atoms with van der Waals surface area (Å²) in [5.41, 5.74) is 1.66. The predicted molar refractivity (Wildman–Crippen MR) is 134 cm³/mol. The maximum atomic E-state index is 12.7. The first-order chi connectivity index (χ1) is 18.3. The van der Waals surface area contributed by atoms with Crippen molar-refractivity contribution in [1.82, 2.24) is 15.0 Å². The lowest BCUT2D eigenvalue weighted by Crippen LogP contribution is -2.49. The summed E-state index contributed by atoms with van der Waals surface area (Å²) < 4.78 is 52.8. The zero-order valence-corrected chi connectivity index (χ0v) is 20.3. The largest absolute Gasteiger partial charge is 0.484 e. The van der Waals surface area contributed by atoms with Crippen molar-refractivity contribution in [2.75, 3.05) is 38.1 Å². The molecule has 0 spiro atoms. The second-order valence-electron chi connectivity index (χ2n) is 8.85. The SMILES string of the molecule is O=C(Nc1noc2ccccc12)N1CCN(Cc2cccc(Oc3ccc(OCC(F)(F)F)cc3)c2)CC1. The Labute approximate surface area is 216 Å². The van der Waals surface area contributed by atoms with E-state index in [4.69, 9.17) is 14.0 Å². The van der Waals surface area contributed by atoms with Crippen molar-refractivity contribution in [3.05, 3.63) is 78.4 Å². The monoisotopic (exact) mass is 526 g/mol. The van der Waals surface area contributed by atoms with Crippen LogP contribution < -0.4 is 14.8 Å². The number of para-hydroxylation sites is 1. The Morgan fingerprint density at radius 2 is 1.66 bits per heavy atom. The molecule has 1 saturated heterocycles. The lowest BCUT2D eigenvalue weighted by Gasteiger charge is -2.34. The van der Waals surface area contributed by atoms with Gasteiger partial charge in [-0.25, -0.2) is 4.79 Å². The fraction of sp³-hybridized carbons (Fsp3) is 0.259. The van der Waals surface area contributed by atoms with Gasteiger partial charge in [0.1, 0.15) is 17.2 Å². The molecule has 1 aliphatic rings. The predicted octanol–water partition coefficient (Wildman–Crippen LogP) is 5.91. The Balaban J connectivity index is 1.11. The Hall–Kier alpha value is -4.25. The molecule has 11 heteroatoms. The molecule has 1 N–H and O–H groups in total. The number of urea groups is 1. The van der Waals surface area contributed by atoms with E-state index in [1.807, 2.05) is 42.5 Å². The van der Waals surface area contributed by atoms with Crippen molar-refractivity contribution in [3.8, 4) is 17.2 Å². The average Bonchev–Trinajstić information content (AvgIpc) is 3.31. The fourth-order valence-electron chi connectivity index (χ4n) is 4.14. The molecule has 0 unspecified atom stereocenters. The molecule has 4 aromatic rings. The summed E-state index contributed by atoms with van der Waals surface area (Å²) in [6, 6.07) is 20.7. The lowest BCUT2D eigenvalue weighted by atomic mass is 10.2. The molecule has 0 aliphatic carbocycles. The van der Waals surface area contributed by atoms with Gasteiger partial charge in [-0.05, 0) is 54.1 Å². The zero-order chi connectivity index (χ0) is 26.5. The number of hydrogen-bond donors (Lipinski definition) is 1. The second kappa shape index (κ2) is 11.0. The van der Waals surface area contributed by atoms with E-state index < -0.39 is 12.8 Å². The third kappa shape index (κ3) is 6.54. The molecule has 1 fully saturated rings. The molecule has 198 valence electrons. The van der Waals surface area contributed by atoms with Crippen LogP contribution in [0.15, 0.2) is 77.3 Å². The summed E-state index contributed by atoms with van der Waals surface area (Å²) in [5.74, 6) is 1.63. The molecule has 0 bridgehead atoms. The van der Waals surface area contributed by atoms with Crippen LogP contribution in [0.3, 0.4) is 0 Å². The van der Waals surface area contributed by atoms with Gasteiger partial charge in [-0.1, -0.05) is 29.4 Å². The molecule has 0 saturated carbocycles. The topological polar surface area (TPSA) is 80.1 Å². The van der Waals surface area contributed by atoms with Crippen LogP contribution in [-0.4, -0.2) is 59.9 Å². The first-order valence-electron chi connectivity index (χ1n) is 12.0. The van der Waals surface area contributed by atoms with Crippen LogP contribution in [0.4, 0.5) is 23.8 Å². The lowest BCUT2D eigenvalue weighted by molar-refractivity contribution is -0.153. The number of carbonyl (C=O) groups excluding carboxylic acids is 1. The number of alkyl halides is 3. The fourth-order valence-corrected chi connectivity index (χ4v) is 4.14. The molecule has 5 rings (SSSR count). The molecular weight excluding hydrogens is 501 g/mol. The number of carbonyl (C=O) groups is 1. The smallest absolute Gasteiger partial charge is 0.422 e. The van der Waals surface area contributed by atoms with Gasteiger partial charge in [0, 0.05) is 32.7 Å². The second-order valence-corrected chi connectivity index (χ2v) is 8.85. The number of aromatic nitrogens is 1. The van der Waals surface area contributed by atoms with Gasteiger partial charge in [-0.3, -0.25) is 10.2 Å². The maximum Gasteiger partial charge on any atom is 0.422 e. The summed E-state index contributed by atoms with van der Waals surface area (Å²) >= 11 is 0. The Morgan fingerprint density at radius 1 is 0.921 bits per heavy atom. The molecule has 8 nitrogen and oxygen atoms in total. The Morgan fingerprint density at radius 3 is 2.42 bits per heavy atom. The molecule has 38 heavy (non-hydrogen) atoms. The molecule has 1 aromatic heterocycles. The van der Waals surface area contributed by atoms with Crippen LogP contribution in [0.2, 0.25) is 0 Å². The minimum absolute atomic E-state index is 0.116. The van der Waals surface area contributed by atoms with Gasteiger partial charge in [0.2, 0.25) is 0 Å². The van der Waals surface area contributed by atoms with Gasteiger partial charge in [-0.2, -0.15) is 13.2 Å². The molecule has 2 amide bonds. The number of fused-ring (bicyclic) bond motifs is 1. The number of benzene rings is 3. The van der Waals surface area contributed by atoms with Crippen LogP contribution in [-0.2, 0) is 6.54 Å². The van der Waals surface area contributed by atoms with E-state index in [1.165, 1.54) is 12.1 Å². The van der Waals surface area contributed by atoms with Crippen molar-refractivity contribution in [3.63, 3.8) is 0 Å². The summed E-state index contributed by atoms with van der Waals surface area (Å²) in [6.07, 6.45) is -4.39. The van der Waals surface area contributed by atoms with E-state index >= 15 is 0 Å². The number of nitrogens with zero attached hydrogens (tertiary/aromatic N) is 3. The number of amides is 2. The highest BCUT2D eigenvalue weighted by Gasteiger charge is 2.28. The average molecular weight is 527 g/mol. The minimum Gasteiger partial charge on any atom is -0.484 e. The van der Waals surface area contributed by atoms with Crippen LogP contribution >= 0.6 is 0 Å². The quantitative estimate of drug-likeness (QED) is 0.323. The number of rotatable bonds is 7. The van der Waals surface area contributed by atoms with E-state index in [0.29, 0.717) is 55.6 Å². The standard InChI is InChI=1S/C27H25F3N4O4/c28-27(29,30)18-36-20-8-10-21(11-9-20)37-22-5-3-4-19(16-22)17-33-12-14-34(15-13-33)26(35)31-25-23-6-1-2-7-24(23)38-32-25/h1-11,16H,12-15,17-18H2,(H,31,32,35). The Bertz CT molecular complexity index is 1380. The zero-order valence-electron chi connectivity index (χ0n) is 20.3.